The molecule has 0 amide bonds. The van der Waals surface area contributed by atoms with Crippen LogP contribution >= 0.6 is 11.6 Å². The Balaban J connectivity index is 2.49. The topological polar surface area (TPSA) is 38.7 Å². The van der Waals surface area contributed by atoms with Gasteiger partial charge in [0.1, 0.15) is 10.8 Å². The van der Waals surface area contributed by atoms with Crippen molar-refractivity contribution in [1.29, 1.82) is 0 Å². The molecule has 2 heterocycles. The lowest BCUT2D eigenvalue weighted by Crippen LogP contribution is -1.99. The van der Waals surface area contributed by atoms with Crippen LogP contribution in [0.3, 0.4) is 0 Å². The van der Waals surface area contributed by atoms with Crippen molar-refractivity contribution < 1.29 is 0 Å². The van der Waals surface area contributed by atoms with E-state index in [0.717, 1.165) is 35.4 Å². The molecule has 18 heavy (non-hydrogen) atoms. The summed E-state index contributed by atoms with van der Waals surface area (Å²) in [6.07, 6.45) is 3.76. The summed E-state index contributed by atoms with van der Waals surface area (Å²) in [7, 11) is 0. The molecule has 3 nitrogen and oxygen atoms in total. The maximum Gasteiger partial charge on any atom is 0.180 e. The largest absolute Gasteiger partial charge is 0.252 e. The lowest BCUT2D eigenvalue weighted by atomic mass is 10.1. The molecule has 0 radical (unpaired) electrons. The van der Waals surface area contributed by atoms with Gasteiger partial charge < -0.3 is 0 Å². The third-order valence-corrected chi connectivity index (χ3v) is 2.87. The van der Waals surface area contributed by atoms with Crippen molar-refractivity contribution in [3.63, 3.8) is 0 Å². The molecule has 0 bridgehead atoms. The number of hydrogen-bond donors (Lipinski definition) is 0. The number of hydrogen-bond acceptors (Lipinski definition) is 3. The van der Waals surface area contributed by atoms with Crippen LogP contribution in [0.15, 0.2) is 18.3 Å². The third kappa shape index (κ3) is 2.85. The number of rotatable bonds is 3. The lowest BCUT2D eigenvalue weighted by Gasteiger charge is -2.07. The van der Waals surface area contributed by atoms with Crippen molar-refractivity contribution in [3.05, 3.63) is 40.3 Å². The van der Waals surface area contributed by atoms with E-state index in [0.29, 0.717) is 11.0 Å². The Morgan fingerprint density at radius 3 is 2.61 bits per heavy atom. The molecule has 0 unspecified atom stereocenters. The standard InChI is InChI=1S/C14H16ClN3/c1-4-5-11-7-12(15)18-14(17-11)13-10(3)6-9(2)8-16-13/h6-8H,4-5H2,1-3H3. The van der Waals surface area contributed by atoms with E-state index in [1.165, 1.54) is 0 Å². The fourth-order valence-corrected chi connectivity index (χ4v) is 2.11. The first-order chi connectivity index (χ1) is 8.60. The fourth-order valence-electron chi connectivity index (χ4n) is 1.90. The number of pyridine rings is 1. The highest BCUT2D eigenvalue weighted by Crippen LogP contribution is 2.20. The van der Waals surface area contributed by atoms with Crippen LogP contribution in [0.5, 0.6) is 0 Å². The summed E-state index contributed by atoms with van der Waals surface area (Å²) in [5.74, 6) is 0.614. The molecule has 0 aliphatic rings. The van der Waals surface area contributed by atoms with Gasteiger partial charge >= 0.3 is 0 Å². The van der Waals surface area contributed by atoms with Gasteiger partial charge in [-0.15, -0.1) is 0 Å². The van der Waals surface area contributed by atoms with Crippen LogP contribution in [0.4, 0.5) is 0 Å². The highest BCUT2D eigenvalue weighted by Gasteiger charge is 2.09. The van der Waals surface area contributed by atoms with Crippen molar-refractivity contribution >= 4 is 11.6 Å². The highest BCUT2D eigenvalue weighted by atomic mass is 35.5. The van der Waals surface area contributed by atoms with Crippen molar-refractivity contribution in [1.82, 2.24) is 15.0 Å². The van der Waals surface area contributed by atoms with Crippen LogP contribution in [-0.4, -0.2) is 15.0 Å². The molecule has 0 aliphatic carbocycles. The molecule has 0 N–H and O–H groups in total. The molecule has 2 aromatic rings. The molecule has 0 fully saturated rings. The quantitative estimate of drug-likeness (QED) is 0.790. The van der Waals surface area contributed by atoms with Crippen molar-refractivity contribution in [2.45, 2.75) is 33.6 Å². The Morgan fingerprint density at radius 2 is 1.94 bits per heavy atom. The van der Waals surface area contributed by atoms with Gasteiger partial charge in [-0.05, 0) is 37.5 Å². The molecule has 0 aliphatic heterocycles. The zero-order valence-corrected chi connectivity index (χ0v) is 11.6. The molecular weight excluding hydrogens is 246 g/mol. The van der Waals surface area contributed by atoms with E-state index in [1.54, 1.807) is 0 Å². The molecule has 2 rings (SSSR count). The number of halogens is 1. The maximum atomic E-state index is 6.04. The minimum absolute atomic E-state index is 0.477. The Bertz CT molecular complexity index is 567. The number of nitrogens with zero attached hydrogens (tertiary/aromatic N) is 3. The van der Waals surface area contributed by atoms with E-state index in [1.807, 2.05) is 26.1 Å². The molecular formula is C14H16ClN3. The second-order valence-electron chi connectivity index (χ2n) is 4.43. The smallest absolute Gasteiger partial charge is 0.180 e. The summed E-state index contributed by atoms with van der Waals surface area (Å²) in [6.45, 7) is 6.15. The first kappa shape index (κ1) is 13.0. The molecule has 0 aromatic carbocycles. The van der Waals surface area contributed by atoms with Gasteiger partial charge in [0.2, 0.25) is 0 Å². The Hall–Kier alpha value is -1.48. The summed E-state index contributed by atoms with van der Waals surface area (Å²) in [6, 6.07) is 3.89. The van der Waals surface area contributed by atoms with Gasteiger partial charge in [0.15, 0.2) is 5.82 Å². The van der Waals surface area contributed by atoms with Crippen LogP contribution in [0.2, 0.25) is 5.15 Å². The van der Waals surface area contributed by atoms with Gasteiger partial charge in [0.25, 0.3) is 0 Å². The summed E-state index contributed by atoms with van der Waals surface area (Å²) in [5.41, 5.74) is 3.97. The lowest BCUT2D eigenvalue weighted by molar-refractivity contribution is 0.873. The molecule has 0 saturated heterocycles. The van der Waals surface area contributed by atoms with Gasteiger partial charge in [-0.2, -0.15) is 0 Å². The minimum Gasteiger partial charge on any atom is -0.252 e. The summed E-state index contributed by atoms with van der Waals surface area (Å²) in [4.78, 5) is 13.2. The molecule has 0 spiro atoms. The van der Waals surface area contributed by atoms with Gasteiger partial charge in [-0.3, -0.25) is 4.98 Å². The van der Waals surface area contributed by atoms with Crippen LogP contribution < -0.4 is 0 Å². The molecule has 0 atom stereocenters. The zero-order chi connectivity index (χ0) is 13.1. The molecule has 4 heteroatoms. The first-order valence-electron chi connectivity index (χ1n) is 6.07. The van der Waals surface area contributed by atoms with Gasteiger partial charge in [0.05, 0.1) is 0 Å². The number of aromatic nitrogens is 3. The van der Waals surface area contributed by atoms with Gasteiger partial charge in [0, 0.05) is 11.9 Å². The number of aryl methyl sites for hydroxylation is 3. The first-order valence-corrected chi connectivity index (χ1v) is 6.45. The van der Waals surface area contributed by atoms with Crippen molar-refractivity contribution in [2.75, 3.05) is 0 Å². The Morgan fingerprint density at radius 1 is 1.17 bits per heavy atom. The van der Waals surface area contributed by atoms with E-state index in [2.05, 4.69) is 27.9 Å². The molecule has 94 valence electrons. The Labute approximate surface area is 112 Å². The minimum atomic E-state index is 0.477. The van der Waals surface area contributed by atoms with Crippen LogP contribution in [0.25, 0.3) is 11.5 Å². The fraction of sp³-hybridized carbons (Fsp3) is 0.357. The van der Waals surface area contributed by atoms with Crippen molar-refractivity contribution in [3.8, 4) is 11.5 Å². The van der Waals surface area contributed by atoms with Crippen LogP contribution in [-0.2, 0) is 6.42 Å². The monoisotopic (exact) mass is 261 g/mol. The second-order valence-corrected chi connectivity index (χ2v) is 4.82. The van der Waals surface area contributed by atoms with Crippen LogP contribution in [0.1, 0.15) is 30.2 Å². The third-order valence-electron chi connectivity index (χ3n) is 2.68. The van der Waals surface area contributed by atoms with E-state index in [-0.39, 0.29) is 0 Å². The normalized spacial score (nSPS) is 10.7. The predicted octanol–water partition coefficient (Wildman–Crippen LogP) is 3.76. The average Bonchev–Trinajstić information content (AvgIpc) is 2.28. The van der Waals surface area contributed by atoms with E-state index >= 15 is 0 Å². The molecule has 0 saturated carbocycles. The average molecular weight is 262 g/mol. The second kappa shape index (κ2) is 5.44. The van der Waals surface area contributed by atoms with E-state index < -0.39 is 0 Å². The van der Waals surface area contributed by atoms with Gasteiger partial charge in [-0.25, -0.2) is 9.97 Å². The van der Waals surface area contributed by atoms with Crippen molar-refractivity contribution in [2.24, 2.45) is 0 Å². The predicted molar refractivity (Wildman–Crippen MR) is 73.7 cm³/mol. The zero-order valence-electron chi connectivity index (χ0n) is 10.9. The van der Waals surface area contributed by atoms with Crippen LogP contribution in [0, 0.1) is 13.8 Å². The highest BCUT2D eigenvalue weighted by molar-refractivity contribution is 6.29. The SMILES string of the molecule is CCCc1cc(Cl)nc(-c2ncc(C)cc2C)n1. The van der Waals surface area contributed by atoms with E-state index in [4.69, 9.17) is 11.6 Å². The van der Waals surface area contributed by atoms with Gasteiger partial charge in [-0.1, -0.05) is 31.0 Å². The molecule has 2 aromatic heterocycles. The van der Waals surface area contributed by atoms with E-state index in [9.17, 15) is 0 Å². The Kier molecular flexibility index (Phi) is 3.92. The summed E-state index contributed by atoms with van der Waals surface area (Å²) in [5, 5.41) is 0.477. The summed E-state index contributed by atoms with van der Waals surface area (Å²) >= 11 is 6.04. The summed E-state index contributed by atoms with van der Waals surface area (Å²) < 4.78 is 0. The maximum absolute atomic E-state index is 6.04.